The number of allylic oxidation sites excluding steroid dienone is 7. The molecule has 0 spiro atoms. The molecule has 13 heteroatoms. The fourth-order valence-electron chi connectivity index (χ4n) is 11.3. The zero-order valence-electron chi connectivity index (χ0n) is 54.4. The maximum Gasteiger partial charge on any atom is 0.234 e. The molecule has 95 heavy (non-hydrogen) atoms. The van der Waals surface area contributed by atoms with E-state index in [4.69, 9.17) is 30.9 Å². The van der Waals surface area contributed by atoms with E-state index in [0.717, 1.165) is 74.2 Å². The number of aryl methyl sites for hydroxylation is 1. The van der Waals surface area contributed by atoms with Crippen LogP contribution in [0.3, 0.4) is 0 Å². The van der Waals surface area contributed by atoms with Crippen LogP contribution >= 0.6 is 0 Å². The van der Waals surface area contributed by atoms with Gasteiger partial charge in [0.15, 0.2) is 11.6 Å². The zero-order chi connectivity index (χ0) is 67.3. The van der Waals surface area contributed by atoms with Crippen molar-refractivity contribution in [2.24, 2.45) is 0 Å². The van der Waals surface area contributed by atoms with Crippen molar-refractivity contribution in [3.63, 3.8) is 0 Å². The number of nitrogens with zero attached hydrogens (tertiary/aromatic N) is 2. The molecule has 1 aromatic heterocycles. The number of ketones is 6. The Hall–Kier alpha value is -10.9. The van der Waals surface area contributed by atoms with Gasteiger partial charge in [0.2, 0.25) is 23.1 Å². The standard InChI is InChI=1S/C24H22N2O.C18H18O3.C13H12N2O.C10H6O3.C8H8O.C7H12.2CH4.H2/c1-15(2)14-24(3)13-12-18-22-21(25-19-10-6-7-11-20(19)26-22)16-8-4-5-9-17(16)23(18)27-24;1-11(2)10-18(3)9-8-14-16(20)15(19)12-6-4-5-7-13(12)17(14)21-18;14-11-7-6-10(8-12(11)15)13(16)9-4-2-1-3-5-9;11-8-5-9(12)10(13)7-4-2-1-3-6(7)8;1-7(9)8-5-3-2-4-6-8;1-6(2)5-7(3)4;;;/h4-11,14H,12-13H2,1-3H3;4-7,10H,8-9H2,1-3H3;1-8H,14-15H2;1-5,11H;2-6H,1H3;5H,1H2,2-4H3;2*1H4;1H/i;;;;;;;;1+1. The van der Waals surface area contributed by atoms with Crippen LogP contribution in [0.4, 0.5) is 11.4 Å². The molecule has 490 valence electrons. The highest BCUT2D eigenvalue weighted by Crippen LogP contribution is 2.45. The summed E-state index contributed by atoms with van der Waals surface area (Å²) in [5.74, 6) is -0.579. The van der Waals surface area contributed by atoms with E-state index in [1.165, 1.54) is 28.3 Å². The van der Waals surface area contributed by atoms with Crippen LogP contribution in [0.2, 0.25) is 0 Å². The van der Waals surface area contributed by atoms with Gasteiger partial charge in [-0.3, -0.25) is 28.8 Å². The lowest BCUT2D eigenvalue weighted by Crippen LogP contribution is -2.35. The predicted octanol–water partition coefficient (Wildman–Crippen LogP) is 19.1. The van der Waals surface area contributed by atoms with Crippen molar-refractivity contribution in [1.29, 1.82) is 0 Å². The van der Waals surface area contributed by atoms with Crippen molar-refractivity contribution >= 4 is 90.4 Å². The van der Waals surface area contributed by atoms with Gasteiger partial charge in [-0.05, 0) is 137 Å². The van der Waals surface area contributed by atoms with Crippen LogP contribution in [0.1, 0.15) is 168 Å². The number of carbonyl (C=O) groups is 6. The van der Waals surface area contributed by atoms with Crippen molar-refractivity contribution in [3.8, 4) is 5.75 Å². The summed E-state index contributed by atoms with van der Waals surface area (Å²) in [4.78, 5) is 79.3. The number of rotatable bonds is 6. The maximum absolute atomic E-state index is 12.3. The largest absolute Gasteiger partial charge is 0.507 e. The highest BCUT2D eigenvalue weighted by atomic mass is 16.5. The van der Waals surface area contributed by atoms with Crippen molar-refractivity contribution in [3.05, 3.63) is 279 Å². The first-order valence-corrected chi connectivity index (χ1v) is 30.7. The molecule has 0 fully saturated rings. The second-order valence-electron chi connectivity index (χ2n) is 24.3. The van der Waals surface area contributed by atoms with E-state index >= 15 is 0 Å². The monoisotopic (exact) mass is 1270 g/mol. The van der Waals surface area contributed by atoms with Crippen LogP contribution < -0.4 is 16.2 Å². The number of nitrogen functional groups attached to an aromatic ring is 2. The minimum atomic E-state index is -0.670. The van der Waals surface area contributed by atoms with E-state index in [9.17, 15) is 33.9 Å². The van der Waals surface area contributed by atoms with E-state index in [-0.39, 0.29) is 44.8 Å². The Labute approximate surface area is 559 Å². The normalized spacial score (nSPS) is 16.0. The summed E-state index contributed by atoms with van der Waals surface area (Å²) in [5.41, 5.74) is 25.7. The van der Waals surface area contributed by atoms with Gasteiger partial charge in [0.05, 0.1) is 33.4 Å². The number of hydrogen-bond acceptors (Lipinski definition) is 13. The van der Waals surface area contributed by atoms with Gasteiger partial charge < -0.3 is 26.0 Å². The molecule has 0 amide bonds. The van der Waals surface area contributed by atoms with E-state index in [1.807, 2.05) is 113 Å². The molecule has 0 radical (unpaired) electrons. The Morgan fingerprint density at radius 2 is 1.01 bits per heavy atom. The molecule has 2 atom stereocenters. The van der Waals surface area contributed by atoms with Gasteiger partial charge in [0, 0.05) is 68.4 Å². The molecule has 13 rings (SSSR count). The summed E-state index contributed by atoms with van der Waals surface area (Å²) in [7, 11) is 0. The smallest absolute Gasteiger partial charge is 0.234 e. The number of fused-ring (bicyclic) bond motifs is 10. The first-order valence-electron chi connectivity index (χ1n) is 30.7. The summed E-state index contributed by atoms with van der Waals surface area (Å²) in [6.45, 7) is 23.9. The first kappa shape index (κ1) is 73.1. The molecule has 0 bridgehead atoms. The van der Waals surface area contributed by atoms with Crippen molar-refractivity contribution in [2.45, 2.75) is 121 Å². The van der Waals surface area contributed by atoms with Crippen LogP contribution in [0, 0.1) is 0 Å². The third-order valence-corrected chi connectivity index (χ3v) is 15.4. The lowest BCUT2D eigenvalue weighted by Gasteiger charge is -2.37. The second kappa shape index (κ2) is 32.1. The van der Waals surface area contributed by atoms with Gasteiger partial charge in [-0.1, -0.05) is 195 Å². The number of carbonyl (C=O) groups excluding carboxylic acids is 6. The zero-order valence-corrected chi connectivity index (χ0v) is 54.4. The number of anilines is 2. The van der Waals surface area contributed by atoms with Gasteiger partial charge >= 0.3 is 0 Å². The van der Waals surface area contributed by atoms with Crippen LogP contribution in [0.15, 0.2) is 235 Å². The molecule has 5 N–H and O–H groups in total. The molecule has 0 saturated heterocycles. The Morgan fingerprint density at radius 3 is 1.54 bits per heavy atom. The van der Waals surface area contributed by atoms with Gasteiger partial charge in [0.1, 0.15) is 28.5 Å². The van der Waals surface area contributed by atoms with Gasteiger partial charge in [0.25, 0.3) is 0 Å². The first-order chi connectivity index (χ1) is 44.3. The average molecular weight is 1270 g/mol. The highest BCUT2D eigenvalue weighted by Gasteiger charge is 2.41. The molecule has 13 nitrogen and oxygen atoms in total. The van der Waals surface area contributed by atoms with Crippen LogP contribution in [0.5, 0.6) is 5.75 Å². The van der Waals surface area contributed by atoms with E-state index in [2.05, 4.69) is 83.7 Å². The third-order valence-electron chi connectivity index (χ3n) is 15.4. The topological polar surface area (TPSA) is 219 Å². The molecular weight excluding hydrogens is 1180 g/mol. The molecule has 3 heterocycles. The number of hydrogen-bond donors (Lipinski definition) is 3. The lowest BCUT2D eigenvalue weighted by atomic mass is 9.81. The van der Waals surface area contributed by atoms with E-state index in [1.54, 1.807) is 67.6 Å². The molecule has 2 aliphatic heterocycles. The molecule has 2 unspecified atom stereocenters. The number of para-hydroxylation sites is 2. The fraction of sp³-hybridized carbons (Fsp3) is 0.220. The summed E-state index contributed by atoms with van der Waals surface area (Å²) in [6.07, 6.45) is 10.5. The summed E-state index contributed by atoms with van der Waals surface area (Å²) in [6, 6.07) is 53.4. The SMILES string of the molecule is C.C.C=C(C)C=C(C)C.CC(=O)c1ccccc1.CC(C)=CC1(C)CCC2=C(O1)c1ccccc1C(=O)C2=O.CC(C)=CC1(C)CCc2c(c3ccccc3c3nc4ccccc4nc23)O1.Nc1ccc(C(=O)c2ccccc2)cc1N.O=C1C=C(O)c2ccccc2C1=O.[2HH]. The molecule has 0 saturated carbocycles. The minimum Gasteiger partial charge on any atom is -0.507 e. The molecule has 8 aromatic carbocycles. The molecule has 4 aliphatic rings. The molecule has 2 aliphatic carbocycles. The van der Waals surface area contributed by atoms with Crippen LogP contribution in [-0.4, -0.2) is 61.0 Å². The Morgan fingerprint density at radius 1 is 0.526 bits per heavy atom. The fourth-order valence-corrected chi connectivity index (χ4v) is 11.3. The van der Waals surface area contributed by atoms with Crippen LogP contribution in [0.25, 0.3) is 44.4 Å². The Kier molecular flexibility index (Phi) is 24.7. The minimum absolute atomic E-state index is 0. The number of benzene rings is 8. The lowest BCUT2D eigenvalue weighted by molar-refractivity contribution is -0.112. The van der Waals surface area contributed by atoms with Gasteiger partial charge in [-0.25, -0.2) is 9.97 Å². The Bertz CT molecular complexity index is 4570. The number of aliphatic hydroxyl groups excluding tert-OH is 1. The number of aromatic nitrogens is 2. The summed E-state index contributed by atoms with van der Waals surface area (Å²) in [5, 5.41) is 11.6. The predicted molar refractivity (Wildman–Crippen MR) is 390 cm³/mol. The number of aliphatic hydroxyl groups is 1. The van der Waals surface area contributed by atoms with Crippen molar-refractivity contribution in [2.75, 3.05) is 11.5 Å². The van der Waals surface area contributed by atoms with E-state index in [0.29, 0.717) is 57.8 Å². The highest BCUT2D eigenvalue weighted by molar-refractivity contribution is 6.52. The summed E-state index contributed by atoms with van der Waals surface area (Å²) >= 11 is 0. The van der Waals surface area contributed by atoms with Crippen molar-refractivity contribution < 1.29 is 44.8 Å². The third kappa shape index (κ3) is 18.0. The number of Topliss-reactive ketones (excluding diaryl/α,β-unsaturated/α-hetero) is 4. The van der Waals surface area contributed by atoms with E-state index < -0.39 is 28.7 Å². The molecule has 9 aromatic rings. The van der Waals surface area contributed by atoms with Gasteiger partial charge in [-0.2, -0.15) is 0 Å². The average Bonchev–Trinajstić information content (AvgIpc) is 0.750. The number of ether oxygens (including phenoxy) is 2. The number of nitrogens with two attached hydrogens (primary N) is 2. The van der Waals surface area contributed by atoms with Crippen molar-refractivity contribution in [1.82, 2.24) is 9.97 Å². The quantitative estimate of drug-likeness (QED) is 0.0269. The van der Waals surface area contributed by atoms with Crippen LogP contribution in [-0.2, 0) is 20.7 Å². The maximum atomic E-state index is 12.3. The Balaban J connectivity index is 0.000000218. The van der Waals surface area contributed by atoms with Gasteiger partial charge in [-0.15, -0.1) is 0 Å². The molecular formula is C82H88N4O9. The summed E-state index contributed by atoms with van der Waals surface area (Å²) < 4.78 is 12.8. The second-order valence-corrected chi connectivity index (χ2v) is 24.3.